The molecular formula is C25H31N6O+. The Morgan fingerprint density at radius 1 is 1.06 bits per heavy atom. The van der Waals surface area contributed by atoms with Crippen LogP contribution in [0.4, 0.5) is 0 Å². The van der Waals surface area contributed by atoms with Crippen molar-refractivity contribution in [1.29, 1.82) is 0 Å². The maximum absolute atomic E-state index is 13.4. The summed E-state index contributed by atoms with van der Waals surface area (Å²) < 4.78 is 0. The molecule has 0 atom stereocenters. The number of nitrogens with two attached hydrogens (primary N) is 1. The third-order valence-corrected chi connectivity index (χ3v) is 6.72. The van der Waals surface area contributed by atoms with Crippen LogP contribution in [-0.2, 0) is 11.3 Å². The number of carbonyl (C=O) groups is 1. The molecule has 2 heterocycles. The van der Waals surface area contributed by atoms with Crippen LogP contribution in [0.2, 0.25) is 0 Å². The molecule has 7 heteroatoms. The zero-order valence-electron chi connectivity index (χ0n) is 18.6. The van der Waals surface area contributed by atoms with Crippen LogP contribution in [0.25, 0.3) is 11.1 Å². The normalized spacial score (nSPS) is 19.4. The molecule has 0 aromatic heterocycles. The summed E-state index contributed by atoms with van der Waals surface area (Å²) in [6.45, 7) is 2.78. The van der Waals surface area contributed by atoms with E-state index in [-0.39, 0.29) is 5.91 Å². The Bertz CT molecular complexity index is 1050. The molecule has 1 aliphatic carbocycles. The molecular weight excluding hydrogens is 400 g/mol. The number of hydrogen-bond acceptors (Lipinski definition) is 5. The van der Waals surface area contributed by atoms with Crippen LogP contribution in [0.5, 0.6) is 0 Å². The number of unbranched alkanes of at least 4 members (excludes halogenated alkanes) is 1. The number of hydrazine groups is 1. The van der Waals surface area contributed by atoms with Crippen LogP contribution in [0, 0.1) is 0 Å². The average molecular weight is 432 g/mol. The Hall–Kier alpha value is -3.03. The van der Waals surface area contributed by atoms with E-state index in [1.165, 1.54) is 0 Å². The molecule has 32 heavy (non-hydrogen) atoms. The van der Waals surface area contributed by atoms with Crippen LogP contribution in [0.1, 0.15) is 63.0 Å². The van der Waals surface area contributed by atoms with Gasteiger partial charge in [-0.1, -0.05) is 80.3 Å². The Labute approximate surface area is 188 Å². The zero-order valence-corrected chi connectivity index (χ0v) is 18.6. The van der Waals surface area contributed by atoms with Gasteiger partial charge < -0.3 is 0 Å². The lowest BCUT2D eigenvalue weighted by Crippen LogP contribution is -2.87. The quantitative estimate of drug-likeness (QED) is 0.590. The van der Waals surface area contributed by atoms with Gasteiger partial charge in [0.05, 0.1) is 6.54 Å². The average Bonchev–Trinajstić information content (AvgIpc) is 3.58. The predicted molar refractivity (Wildman–Crippen MR) is 125 cm³/mol. The van der Waals surface area contributed by atoms with E-state index in [2.05, 4.69) is 59.4 Å². The first-order valence-corrected chi connectivity index (χ1v) is 11.7. The van der Waals surface area contributed by atoms with Gasteiger partial charge >= 0.3 is 0 Å². The maximum Gasteiger partial charge on any atom is 0.256 e. The van der Waals surface area contributed by atoms with E-state index >= 15 is 0 Å². The van der Waals surface area contributed by atoms with Crippen molar-refractivity contribution in [2.45, 2.75) is 64.0 Å². The van der Waals surface area contributed by atoms with Gasteiger partial charge in [0.25, 0.3) is 5.91 Å². The minimum atomic E-state index is -0.470. The fourth-order valence-corrected chi connectivity index (χ4v) is 4.98. The molecule has 1 amide bonds. The minimum Gasteiger partial charge on any atom is -0.294 e. The second-order valence-electron chi connectivity index (χ2n) is 8.88. The van der Waals surface area contributed by atoms with Gasteiger partial charge in [-0.25, -0.2) is 0 Å². The molecule has 0 unspecified atom stereocenters. The number of carbonyl (C=O) groups excluding carboxylic acids is 1. The number of nitrogens with one attached hydrogen (secondary N) is 2. The Morgan fingerprint density at radius 2 is 1.81 bits per heavy atom. The monoisotopic (exact) mass is 431 g/mol. The SMILES string of the molecule is CCCCC1=NC2(CCCC2)C(=O)N1Cc1ccc(-c2ccccc2C2=N[NH2+]NN2)cc1. The molecule has 1 saturated carbocycles. The Morgan fingerprint density at radius 3 is 2.50 bits per heavy atom. The second kappa shape index (κ2) is 8.84. The molecule has 166 valence electrons. The van der Waals surface area contributed by atoms with Gasteiger partial charge in [-0.05, 0) is 41.1 Å². The lowest BCUT2D eigenvalue weighted by Gasteiger charge is -2.23. The second-order valence-corrected chi connectivity index (χ2v) is 8.88. The zero-order chi connectivity index (χ0) is 22.0. The van der Waals surface area contributed by atoms with Crippen molar-refractivity contribution in [3.8, 4) is 11.1 Å². The Balaban J connectivity index is 1.37. The summed E-state index contributed by atoms with van der Waals surface area (Å²) in [5.41, 5.74) is 11.6. The standard InChI is InChI=1S/C25H30N6O/c1-2-3-10-22-26-25(15-6-7-16-25)24(32)31(22)17-18-11-13-19(14-12-18)20-8-4-5-9-21(20)23-27-29-30-28-23/h4-5,8-9,11-14,29-30H,2-3,6-7,10,15-17H2,1H3,(H,27,28)/p+1. The first-order chi connectivity index (χ1) is 15.7. The minimum absolute atomic E-state index is 0.213. The molecule has 4 N–H and O–H groups in total. The smallest absolute Gasteiger partial charge is 0.256 e. The number of amidine groups is 2. The number of benzene rings is 2. The highest BCUT2D eigenvalue weighted by Crippen LogP contribution is 2.40. The van der Waals surface area contributed by atoms with Gasteiger partial charge in [0.1, 0.15) is 11.4 Å². The van der Waals surface area contributed by atoms with E-state index < -0.39 is 5.54 Å². The van der Waals surface area contributed by atoms with Crippen LogP contribution in [0.15, 0.2) is 58.6 Å². The molecule has 0 radical (unpaired) electrons. The van der Waals surface area contributed by atoms with Gasteiger partial charge in [-0.15, -0.1) is 5.53 Å². The van der Waals surface area contributed by atoms with Crippen molar-refractivity contribution in [3.05, 3.63) is 59.7 Å². The largest absolute Gasteiger partial charge is 0.294 e. The topological polar surface area (TPSA) is 85.7 Å². The van der Waals surface area contributed by atoms with Crippen molar-refractivity contribution in [1.82, 2.24) is 15.9 Å². The lowest BCUT2D eigenvalue weighted by molar-refractivity contribution is -0.713. The van der Waals surface area contributed by atoms with Crippen molar-refractivity contribution in [3.63, 3.8) is 0 Å². The third kappa shape index (κ3) is 3.82. The molecule has 2 aromatic rings. The van der Waals surface area contributed by atoms with E-state index in [4.69, 9.17) is 4.99 Å². The van der Waals surface area contributed by atoms with Gasteiger partial charge in [0, 0.05) is 12.0 Å². The molecule has 3 aliphatic rings. The van der Waals surface area contributed by atoms with Gasteiger partial charge in [0.2, 0.25) is 5.84 Å². The van der Waals surface area contributed by atoms with Crippen molar-refractivity contribution >= 4 is 17.6 Å². The molecule has 2 aliphatic heterocycles. The number of aliphatic imine (C=N–C) groups is 1. The summed E-state index contributed by atoms with van der Waals surface area (Å²) in [5.74, 6) is 2.01. The van der Waals surface area contributed by atoms with E-state index in [0.29, 0.717) is 6.54 Å². The summed E-state index contributed by atoms with van der Waals surface area (Å²) in [4.78, 5) is 20.3. The fraction of sp³-hybridized carbons (Fsp3) is 0.400. The van der Waals surface area contributed by atoms with Crippen molar-refractivity contribution in [2.24, 2.45) is 10.1 Å². The number of hydrogen-bond donors (Lipinski definition) is 3. The van der Waals surface area contributed by atoms with Crippen LogP contribution >= 0.6 is 0 Å². The number of rotatable bonds is 7. The van der Waals surface area contributed by atoms with Crippen LogP contribution < -0.4 is 16.5 Å². The highest BCUT2D eigenvalue weighted by molar-refractivity contribution is 6.08. The van der Waals surface area contributed by atoms with Crippen LogP contribution in [-0.4, -0.2) is 28.0 Å². The molecule has 1 spiro atoms. The van der Waals surface area contributed by atoms with Crippen molar-refractivity contribution in [2.75, 3.05) is 0 Å². The fourth-order valence-electron chi connectivity index (χ4n) is 4.98. The van der Waals surface area contributed by atoms with E-state index in [1.54, 1.807) is 5.53 Å². The van der Waals surface area contributed by atoms with Crippen LogP contribution in [0.3, 0.4) is 0 Å². The lowest BCUT2D eigenvalue weighted by atomic mass is 9.97. The highest BCUT2D eigenvalue weighted by atomic mass is 16.2. The number of quaternary nitrogens is 1. The number of nitrogens with zero attached hydrogens (tertiary/aromatic N) is 3. The summed E-state index contributed by atoms with van der Waals surface area (Å²) in [7, 11) is 0. The molecule has 1 fully saturated rings. The number of amides is 1. The van der Waals surface area contributed by atoms with Gasteiger partial charge in [0.15, 0.2) is 0 Å². The highest BCUT2D eigenvalue weighted by Gasteiger charge is 2.49. The molecule has 2 aromatic carbocycles. The first-order valence-electron chi connectivity index (χ1n) is 11.7. The third-order valence-electron chi connectivity index (χ3n) is 6.72. The van der Waals surface area contributed by atoms with E-state index in [0.717, 1.165) is 78.9 Å². The van der Waals surface area contributed by atoms with E-state index in [9.17, 15) is 4.79 Å². The van der Waals surface area contributed by atoms with Gasteiger partial charge in [-0.3, -0.25) is 20.1 Å². The Kier molecular flexibility index (Phi) is 5.76. The summed E-state index contributed by atoms with van der Waals surface area (Å²) >= 11 is 0. The molecule has 0 saturated heterocycles. The van der Waals surface area contributed by atoms with Crippen molar-refractivity contribution < 1.29 is 10.3 Å². The summed E-state index contributed by atoms with van der Waals surface area (Å²) in [5, 5.41) is 4.37. The first kappa shape index (κ1) is 20.8. The van der Waals surface area contributed by atoms with E-state index in [1.807, 2.05) is 17.0 Å². The predicted octanol–water partition coefficient (Wildman–Crippen LogP) is 2.85. The van der Waals surface area contributed by atoms with Gasteiger partial charge in [-0.2, -0.15) is 0 Å². The summed E-state index contributed by atoms with van der Waals surface area (Å²) in [6.07, 6.45) is 7.07. The maximum atomic E-state index is 13.4. The molecule has 0 bridgehead atoms. The molecule has 7 nitrogen and oxygen atoms in total. The molecule has 5 rings (SSSR count). The summed E-state index contributed by atoms with van der Waals surface area (Å²) in [6, 6.07) is 16.8.